The molecule has 0 amide bonds. The fraction of sp³-hybridized carbons (Fsp3) is 0.333. The van der Waals surface area contributed by atoms with E-state index in [0.29, 0.717) is 33.9 Å². The van der Waals surface area contributed by atoms with Gasteiger partial charge in [-0.25, -0.2) is 4.39 Å². The summed E-state index contributed by atoms with van der Waals surface area (Å²) in [5.74, 6) is -0.278. The van der Waals surface area contributed by atoms with Gasteiger partial charge in [0.15, 0.2) is 0 Å². The Bertz CT molecular complexity index is 1210. The predicted octanol–water partition coefficient (Wildman–Crippen LogP) is 5.11. The molecule has 0 fully saturated rings. The Morgan fingerprint density at radius 2 is 1.94 bits per heavy atom. The van der Waals surface area contributed by atoms with Crippen LogP contribution in [-0.4, -0.2) is 30.3 Å². The highest BCUT2D eigenvalue weighted by Crippen LogP contribution is 2.38. The van der Waals surface area contributed by atoms with Gasteiger partial charge in [0.2, 0.25) is 0 Å². The molecule has 3 aromatic rings. The highest BCUT2D eigenvalue weighted by molar-refractivity contribution is 5.73. The van der Waals surface area contributed by atoms with Crippen LogP contribution in [0.4, 0.5) is 4.39 Å². The number of aromatic nitrogens is 1. The van der Waals surface area contributed by atoms with E-state index in [1.54, 1.807) is 32.2 Å². The molecule has 1 unspecified atom stereocenters. The molecule has 0 spiro atoms. The van der Waals surface area contributed by atoms with Crippen molar-refractivity contribution in [1.29, 1.82) is 0 Å². The first kappa shape index (κ1) is 23.7. The number of ether oxygens (including phenoxy) is 3. The normalized spacial score (nSPS) is 16.7. The third kappa shape index (κ3) is 4.61. The van der Waals surface area contributed by atoms with E-state index in [4.69, 9.17) is 19.2 Å². The maximum absolute atomic E-state index is 14.5. The first-order valence-electron chi connectivity index (χ1n) is 11.2. The smallest absolute Gasteiger partial charge is 0.311 e. The summed E-state index contributed by atoms with van der Waals surface area (Å²) in [6.45, 7) is 3.47. The van der Waals surface area contributed by atoms with Crippen LogP contribution in [0.1, 0.15) is 48.1 Å². The highest BCUT2D eigenvalue weighted by Gasteiger charge is 2.28. The molecule has 0 saturated heterocycles. The molecule has 1 aliphatic rings. The molecule has 1 aromatic heterocycles. The Morgan fingerprint density at radius 1 is 1.15 bits per heavy atom. The lowest BCUT2D eigenvalue weighted by Crippen LogP contribution is -2.21. The van der Waals surface area contributed by atoms with E-state index in [0.717, 1.165) is 24.1 Å². The van der Waals surface area contributed by atoms with E-state index in [2.05, 4.69) is 0 Å². The van der Waals surface area contributed by atoms with Crippen molar-refractivity contribution in [2.75, 3.05) is 14.2 Å². The van der Waals surface area contributed by atoms with Crippen LogP contribution in [0.15, 0.2) is 48.5 Å². The van der Waals surface area contributed by atoms with E-state index in [-0.39, 0.29) is 11.9 Å². The number of aliphatic hydroxyl groups excluding tert-OH is 1. The number of hydrogen-bond acceptors (Lipinski definition) is 6. The molecule has 1 N–H and O–H groups in total. The minimum atomic E-state index is -1.00. The Hall–Kier alpha value is -3.45. The molecule has 1 aliphatic heterocycles. The average molecular weight is 466 g/mol. The molecule has 0 bridgehead atoms. The molecule has 34 heavy (non-hydrogen) atoms. The van der Waals surface area contributed by atoms with E-state index < -0.39 is 18.0 Å². The van der Waals surface area contributed by atoms with Crippen LogP contribution >= 0.6 is 0 Å². The molecule has 0 radical (unpaired) electrons. The molecule has 4 rings (SSSR count). The van der Waals surface area contributed by atoms with Crippen molar-refractivity contribution in [2.45, 2.75) is 38.9 Å². The van der Waals surface area contributed by atoms with Gasteiger partial charge < -0.3 is 19.3 Å². The number of carbonyl (C=O) groups excluding carboxylic acids is 1. The van der Waals surface area contributed by atoms with Crippen molar-refractivity contribution in [1.82, 2.24) is 4.98 Å². The third-order valence-electron chi connectivity index (χ3n) is 6.33. The van der Waals surface area contributed by atoms with Gasteiger partial charge >= 0.3 is 5.97 Å². The van der Waals surface area contributed by atoms with Crippen molar-refractivity contribution in [2.24, 2.45) is 5.92 Å². The molecular formula is C27H28FNO5. The van der Waals surface area contributed by atoms with Gasteiger partial charge in [0.1, 0.15) is 23.4 Å². The van der Waals surface area contributed by atoms with Crippen molar-refractivity contribution in [3.63, 3.8) is 0 Å². The third-order valence-corrected chi connectivity index (χ3v) is 6.33. The molecule has 3 atom stereocenters. The Balaban J connectivity index is 1.58. The SMILES string of the molecule is COC(=O)[C@@H](C)[C@@H](O)c1ccc2c(c1)OC(c1ccc(-c3cc(OC)ccc3F)c(C)n1)CC2. The summed E-state index contributed by atoms with van der Waals surface area (Å²) in [4.78, 5) is 16.5. The fourth-order valence-electron chi connectivity index (χ4n) is 4.26. The minimum Gasteiger partial charge on any atom is -0.497 e. The largest absolute Gasteiger partial charge is 0.497 e. The van der Waals surface area contributed by atoms with Crippen LogP contribution in [0.2, 0.25) is 0 Å². The summed E-state index contributed by atoms with van der Waals surface area (Å²) in [6.07, 6.45) is 0.253. The number of esters is 1. The second-order valence-electron chi connectivity index (χ2n) is 8.48. The first-order chi connectivity index (χ1) is 16.3. The van der Waals surface area contributed by atoms with Gasteiger partial charge in [0.25, 0.3) is 0 Å². The van der Waals surface area contributed by atoms with Crippen molar-refractivity contribution < 1.29 is 28.5 Å². The number of fused-ring (bicyclic) bond motifs is 1. The molecular weight excluding hydrogens is 437 g/mol. The van der Waals surface area contributed by atoms with Gasteiger partial charge in [-0.1, -0.05) is 18.2 Å². The number of hydrogen-bond donors (Lipinski definition) is 1. The molecule has 7 heteroatoms. The molecule has 178 valence electrons. The van der Waals surface area contributed by atoms with E-state index in [9.17, 15) is 14.3 Å². The summed E-state index contributed by atoms with van der Waals surface area (Å²) in [7, 11) is 2.85. The quantitative estimate of drug-likeness (QED) is 0.510. The van der Waals surface area contributed by atoms with Crippen LogP contribution in [0.25, 0.3) is 11.1 Å². The lowest BCUT2D eigenvalue weighted by Gasteiger charge is -2.27. The number of rotatable bonds is 6. The number of pyridine rings is 1. The van der Waals surface area contributed by atoms with E-state index in [1.165, 1.54) is 13.2 Å². The number of aliphatic hydroxyl groups is 1. The molecule has 2 aromatic carbocycles. The second kappa shape index (κ2) is 9.81. The lowest BCUT2D eigenvalue weighted by molar-refractivity contribution is -0.148. The molecule has 6 nitrogen and oxygen atoms in total. The number of aryl methyl sites for hydroxylation is 2. The maximum Gasteiger partial charge on any atom is 0.311 e. The van der Waals surface area contributed by atoms with Gasteiger partial charge in [-0.15, -0.1) is 0 Å². The zero-order valence-electron chi connectivity index (χ0n) is 19.7. The number of benzene rings is 2. The van der Waals surface area contributed by atoms with E-state index >= 15 is 0 Å². The number of nitrogens with zero attached hydrogens (tertiary/aromatic N) is 1. The van der Waals surface area contributed by atoms with Gasteiger partial charge in [-0.3, -0.25) is 9.78 Å². The van der Waals surface area contributed by atoms with Crippen LogP contribution in [0.5, 0.6) is 11.5 Å². The summed E-state index contributed by atoms with van der Waals surface area (Å²) < 4.78 is 30.7. The average Bonchev–Trinajstić information content (AvgIpc) is 2.87. The summed E-state index contributed by atoms with van der Waals surface area (Å²) in [5.41, 5.74) is 4.19. The number of carbonyl (C=O) groups is 1. The summed E-state index contributed by atoms with van der Waals surface area (Å²) in [6, 6.07) is 13.8. The van der Waals surface area contributed by atoms with Crippen LogP contribution in [0.3, 0.4) is 0 Å². The second-order valence-corrected chi connectivity index (χ2v) is 8.48. The van der Waals surface area contributed by atoms with Gasteiger partial charge in [0, 0.05) is 16.8 Å². The van der Waals surface area contributed by atoms with Gasteiger partial charge in [-0.2, -0.15) is 0 Å². The lowest BCUT2D eigenvalue weighted by atomic mass is 9.93. The van der Waals surface area contributed by atoms with Crippen LogP contribution in [-0.2, 0) is 16.0 Å². The summed E-state index contributed by atoms with van der Waals surface area (Å²) >= 11 is 0. The standard InChI is InChI=1S/C27H28FNO5/c1-15(27(31)33-4)26(30)18-6-5-17-7-12-24(34-25(17)13-18)23-11-9-20(16(2)29-23)21-14-19(32-3)8-10-22(21)28/h5-6,8-11,13-15,24,26,30H,7,12H2,1-4H3/t15-,24?,26+/m0/s1. The van der Waals surface area contributed by atoms with Crippen LogP contribution < -0.4 is 9.47 Å². The molecule has 0 aliphatic carbocycles. The van der Waals surface area contributed by atoms with Crippen molar-refractivity contribution in [3.05, 3.63) is 76.9 Å². The zero-order chi connectivity index (χ0) is 24.4. The molecule has 2 heterocycles. The monoisotopic (exact) mass is 465 g/mol. The summed E-state index contributed by atoms with van der Waals surface area (Å²) in [5, 5.41) is 10.6. The van der Waals surface area contributed by atoms with E-state index in [1.807, 2.05) is 31.2 Å². The highest BCUT2D eigenvalue weighted by atomic mass is 19.1. The zero-order valence-corrected chi connectivity index (χ0v) is 19.7. The number of halogens is 1. The first-order valence-corrected chi connectivity index (χ1v) is 11.2. The van der Waals surface area contributed by atoms with Gasteiger partial charge in [0.05, 0.1) is 31.9 Å². The number of methoxy groups -OCH3 is 2. The predicted molar refractivity (Wildman–Crippen MR) is 125 cm³/mol. The Morgan fingerprint density at radius 3 is 2.65 bits per heavy atom. The van der Waals surface area contributed by atoms with Crippen molar-refractivity contribution in [3.8, 4) is 22.6 Å². The Labute approximate surface area is 198 Å². The maximum atomic E-state index is 14.5. The topological polar surface area (TPSA) is 77.9 Å². The minimum absolute atomic E-state index is 0.277. The molecule has 0 saturated carbocycles. The fourth-order valence-corrected chi connectivity index (χ4v) is 4.26. The van der Waals surface area contributed by atoms with Crippen molar-refractivity contribution >= 4 is 5.97 Å². The van der Waals surface area contributed by atoms with Crippen LogP contribution in [0, 0.1) is 18.7 Å². The van der Waals surface area contributed by atoms with Gasteiger partial charge in [-0.05, 0) is 68.1 Å². The Kier molecular flexibility index (Phi) is 6.84.